The number of halogens is 3. The molecule has 0 aliphatic carbocycles. The van der Waals surface area contributed by atoms with Crippen LogP contribution in [0.25, 0.3) is 0 Å². The highest BCUT2D eigenvalue weighted by Gasteiger charge is 2.31. The highest BCUT2D eigenvalue weighted by Crippen LogP contribution is 2.30. The minimum Gasteiger partial charge on any atom is -0.495 e. The SMILES string of the molecule is COc1ccc(S(=O)(=O)N2CCCCCC2)cc1NC(=O)Cn1cc(C(F)(F)F)ccc1=O. The molecular weight excluding hydrogens is 463 g/mol. The minimum absolute atomic E-state index is 0.0263. The number of aromatic nitrogens is 1. The average Bonchev–Trinajstić information content (AvgIpc) is 3.04. The molecule has 12 heteroatoms. The number of pyridine rings is 1. The van der Waals surface area contributed by atoms with Crippen LogP contribution in [0, 0.1) is 0 Å². The number of carbonyl (C=O) groups is 1. The summed E-state index contributed by atoms with van der Waals surface area (Å²) in [5.74, 6) is -0.659. The molecule has 0 spiro atoms. The van der Waals surface area contributed by atoms with E-state index in [0.29, 0.717) is 29.9 Å². The van der Waals surface area contributed by atoms with Crippen LogP contribution in [0.4, 0.5) is 18.9 Å². The monoisotopic (exact) mass is 487 g/mol. The average molecular weight is 488 g/mol. The maximum absolute atomic E-state index is 13.1. The summed E-state index contributed by atoms with van der Waals surface area (Å²) in [5.41, 5.74) is -1.83. The molecule has 0 unspecified atom stereocenters. The zero-order valence-electron chi connectivity index (χ0n) is 17.9. The molecule has 8 nitrogen and oxygen atoms in total. The third-order valence-corrected chi connectivity index (χ3v) is 7.17. The Morgan fingerprint density at radius 2 is 1.76 bits per heavy atom. The fraction of sp³-hybridized carbons (Fsp3) is 0.429. The number of hydrogen-bond donors (Lipinski definition) is 1. The molecule has 3 rings (SSSR count). The first-order chi connectivity index (χ1) is 15.5. The van der Waals surface area contributed by atoms with Crippen molar-refractivity contribution in [2.75, 3.05) is 25.5 Å². The molecule has 1 N–H and O–H groups in total. The number of ether oxygens (including phenoxy) is 1. The number of sulfonamides is 1. The second kappa shape index (κ2) is 9.96. The van der Waals surface area contributed by atoms with Crippen molar-refractivity contribution in [1.82, 2.24) is 8.87 Å². The molecule has 1 fully saturated rings. The first-order valence-corrected chi connectivity index (χ1v) is 11.7. The maximum Gasteiger partial charge on any atom is 0.417 e. The van der Waals surface area contributed by atoms with Crippen molar-refractivity contribution in [3.8, 4) is 5.75 Å². The molecule has 2 aromatic rings. The van der Waals surface area contributed by atoms with E-state index in [1.807, 2.05) is 0 Å². The lowest BCUT2D eigenvalue weighted by Crippen LogP contribution is -2.32. The predicted octanol–water partition coefficient (Wildman–Crippen LogP) is 3.08. The van der Waals surface area contributed by atoms with E-state index in [0.717, 1.165) is 31.7 Å². The topological polar surface area (TPSA) is 97.7 Å². The molecule has 0 atom stereocenters. The highest BCUT2D eigenvalue weighted by molar-refractivity contribution is 7.89. The van der Waals surface area contributed by atoms with E-state index in [1.54, 1.807) is 0 Å². The summed E-state index contributed by atoms with van der Waals surface area (Å²) >= 11 is 0. The summed E-state index contributed by atoms with van der Waals surface area (Å²) in [7, 11) is -2.49. The Morgan fingerprint density at radius 1 is 1.09 bits per heavy atom. The number of anilines is 1. The van der Waals surface area contributed by atoms with Crippen LogP contribution in [0.2, 0.25) is 0 Å². The Kier molecular flexibility index (Phi) is 7.48. The lowest BCUT2D eigenvalue weighted by atomic mass is 10.2. The van der Waals surface area contributed by atoms with Crippen molar-refractivity contribution in [2.24, 2.45) is 0 Å². The number of nitrogens with zero attached hydrogens (tertiary/aromatic N) is 2. The summed E-state index contributed by atoms with van der Waals surface area (Å²) < 4.78 is 72.1. The van der Waals surface area contributed by atoms with Crippen molar-refractivity contribution in [2.45, 2.75) is 43.3 Å². The number of amides is 1. The third kappa shape index (κ3) is 5.93. The largest absolute Gasteiger partial charge is 0.495 e. The van der Waals surface area contributed by atoms with Gasteiger partial charge in [0.2, 0.25) is 15.9 Å². The molecule has 1 saturated heterocycles. The molecule has 1 amide bonds. The first-order valence-electron chi connectivity index (χ1n) is 10.3. The van der Waals surface area contributed by atoms with Gasteiger partial charge in [-0.2, -0.15) is 17.5 Å². The van der Waals surface area contributed by atoms with Gasteiger partial charge in [-0.1, -0.05) is 12.8 Å². The van der Waals surface area contributed by atoms with E-state index >= 15 is 0 Å². The number of methoxy groups -OCH3 is 1. The number of hydrogen-bond acceptors (Lipinski definition) is 5. The van der Waals surface area contributed by atoms with Crippen molar-refractivity contribution in [3.63, 3.8) is 0 Å². The molecule has 2 heterocycles. The molecule has 1 aliphatic rings. The summed E-state index contributed by atoms with van der Waals surface area (Å²) in [5, 5.41) is 2.44. The molecule has 1 aliphatic heterocycles. The third-order valence-electron chi connectivity index (χ3n) is 5.27. The van der Waals surface area contributed by atoms with Crippen LogP contribution in [-0.4, -0.2) is 43.4 Å². The Morgan fingerprint density at radius 3 is 2.36 bits per heavy atom. The number of benzene rings is 1. The second-order valence-electron chi connectivity index (χ2n) is 7.61. The van der Waals surface area contributed by atoms with Gasteiger partial charge < -0.3 is 14.6 Å². The number of alkyl halides is 3. The van der Waals surface area contributed by atoms with Gasteiger partial charge in [0.1, 0.15) is 12.3 Å². The highest BCUT2D eigenvalue weighted by atomic mass is 32.2. The van der Waals surface area contributed by atoms with E-state index in [2.05, 4.69) is 5.32 Å². The molecule has 1 aromatic heterocycles. The van der Waals surface area contributed by atoms with Crippen molar-refractivity contribution < 1.29 is 31.1 Å². The number of rotatable bonds is 6. The summed E-state index contributed by atoms with van der Waals surface area (Å²) in [4.78, 5) is 24.4. The molecule has 0 bridgehead atoms. The Labute approximate surface area is 189 Å². The Bertz CT molecular complexity index is 1170. The van der Waals surface area contributed by atoms with Gasteiger partial charge in [-0.15, -0.1) is 0 Å². The van der Waals surface area contributed by atoms with E-state index in [-0.39, 0.29) is 16.3 Å². The van der Waals surface area contributed by atoms with Gasteiger partial charge in [-0.25, -0.2) is 8.42 Å². The van der Waals surface area contributed by atoms with Gasteiger partial charge in [0.15, 0.2) is 0 Å². The van der Waals surface area contributed by atoms with Crippen LogP contribution >= 0.6 is 0 Å². The Balaban J connectivity index is 1.85. The van der Waals surface area contributed by atoms with Crippen LogP contribution in [0.5, 0.6) is 5.75 Å². The quantitative estimate of drug-likeness (QED) is 0.676. The second-order valence-corrected chi connectivity index (χ2v) is 9.55. The molecule has 1 aromatic carbocycles. The smallest absolute Gasteiger partial charge is 0.417 e. The van der Waals surface area contributed by atoms with Gasteiger partial charge in [-0.05, 0) is 37.1 Å². The van der Waals surface area contributed by atoms with Crippen LogP contribution < -0.4 is 15.6 Å². The fourth-order valence-corrected chi connectivity index (χ4v) is 5.09. The van der Waals surface area contributed by atoms with Gasteiger partial charge in [0.05, 0.1) is 23.3 Å². The van der Waals surface area contributed by atoms with Crippen LogP contribution in [0.1, 0.15) is 31.2 Å². The van der Waals surface area contributed by atoms with E-state index in [9.17, 15) is 31.2 Å². The fourth-order valence-electron chi connectivity index (χ4n) is 3.54. The number of nitrogens with one attached hydrogen (secondary N) is 1. The normalized spacial score (nSPS) is 15.6. The molecule has 180 valence electrons. The molecule has 0 radical (unpaired) electrons. The predicted molar refractivity (Wildman–Crippen MR) is 115 cm³/mol. The lowest BCUT2D eigenvalue weighted by Gasteiger charge is -2.21. The number of carbonyl (C=O) groups excluding carboxylic acids is 1. The zero-order chi connectivity index (χ0) is 24.2. The molecular formula is C21H24F3N3O5S. The van der Waals surface area contributed by atoms with E-state index in [4.69, 9.17) is 4.74 Å². The summed E-state index contributed by atoms with van der Waals surface area (Å²) in [6.07, 6.45) is -0.713. The summed E-state index contributed by atoms with van der Waals surface area (Å²) in [6.45, 7) is 0.0953. The first kappa shape index (κ1) is 24.8. The molecule has 0 saturated carbocycles. The van der Waals surface area contributed by atoms with Gasteiger partial charge >= 0.3 is 6.18 Å². The van der Waals surface area contributed by atoms with Crippen molar-refractivity contribution in [3.05, 3.63) is 52.4 Å². The standard InChI is InChI=1S/C21H24F3N3O5S/c1-32-18-8-7-16(33(30,31)27-10-4-2-3-5-11-27)12-17(18)25-19(28)14-26-13-15(21(22,23)24)6-9-20(26)29/h6-9,12-13H,2-5,10-11,14H2,1H3,(H,25,28). The van der Waals surface area contributed by atoms with Crippen LogP contribution in [0.3, 0.4) is 0 Å². The van der Waals surface area contributed by atoms with Crippen molar-refractivity contribution >= 4 is 21.6 Å². The van der Waals surface area contributed by atoms with Gasteiger partial charge in [0, 0.05) is 25.4 Å². The van der Waals surface area contributed by atoms with Gasteiger partial charge in [-0.3, -0.25) is 9.59 Å². The van der Waals surface area contributed by atoms with E-state index < -0.39 is 39.8 Å². The minimum atomic E-state index is -4.68. The zero-order valence-corrected chi connectivity index (χ0v) is 18.7. The maximum atomic E-state index is 13.1. The van der Waals surface area contributed by atoms with Gasteiger partial charge in [0.25, 0.3) is 5.56 Å². The van der Waals surface area contributed by atoms with Crippen LogP contribution in [-0.2, 0) is 27.5 Å². The lowest BCUT2D eigenvalue weighted by molar-refractivity contribution is -0.138. The van der Waals surface area contributed by atoms with Crippen LogP contribution in [0.15, 0.2) is 46.2 Å². The summed E-state index contributed by atoms with van der Waals surface area (Å²) in [6, 6.07) is 5.36. The van der Waals surface area contributed by atoms with E-state index in [1.165, 1.54) is 29.6 Å². The Hall–Kier alpha value is -2.86. The van der Waals surface area contributed by atoms with Crippen molar-refractivity contribution in [1.29, 1.82) is 0 Å². The molecule has 33 heavy (non-hydrogen) atoms.